The number of alkyl halides is 1. The number of hydrogen-bond donors (Lipinski definition) is 0. The van der Waals surface area contributed by atoms with E-state index >= 15 is 0 Å². The zero-order valence-corrected chi connectivity index (χ0v) is 21.8. The maximum atomic E-state index is 12.1. The molecule has 0 amide bonds. The maximum absolute atomic E-state index is 12.1. The zero-order valence-electron chi connectivity index (χ0n) is 21.0. The SMILES string of the molecule is CC(=O)O[C@H]1CCC(C)(C)C2CC[C@]34C[C@](C)([C@H](OC(C)=O)CC3[C@@]21C)[C@@H](OC(C)=O)[C@H]4Cl. The summed E-state index contributed by atoms with van der Waals surface area (Å²) in [5, 5.41) is -0.391. The van der Waals surface area contributed by atoms with Crippen molar-refractivity contribution in [2.45, 2.75) is 111 Å². The van der Waals surface area contributed by atoms with Gasteiger partial charge in [-0.15, -0.1) is 11.6 Å². The molecule has 186 valence electrons. The molecule has 4 fully saturated rings. The highest BCUT2D eigenvalue weighted by molar-refractivity contribution is 6.22. The number of esters is 3. The fraction of sp³-hybridized carbons (Fsp3) is 0.885. The molecule has 0 N–H and O–H groups in total. The highest BCUT2D eigenvalue weighted by atomic mass is 35.5. The van der Waals surface area contributed by atoms with Gasteiger partial charge in [0.25, 0.3) is 0 Å². The number of hydrogen-bond acceptors (Lipinski definition) is 6. The van der Waals surface area contributed by atoms with Crippen molar-refractivity contribution in [3.63, 3.8) is 0 Å². The van der Waals surface area contributed by atoms with E-state index in [1.807, 2.05) is 0 Å². The molecule has 6 nitrogen and oxygen atoms in total. The number of carbonyl (C=O) groups is 3. The van der Waals surface area contributed by atoms with Crippen molar-refractivity contribution in [1.82, 2.24) is 0 Å². The van der Waals surface area contributed by atoms with Crippen LogP contribution in [-0.2, 0) is 28.6 Å². The molecule has 2 unspecified atom stereocenters. The second-order valence-corrected chi connectivity index (χ2v) is 12.8. The zero-order chi connectivity index (χ0) is 24.6. The van der Waals surface area contributed by atoms with Crippen LogP contribution in [0.5, 0.6) is 0 Å². The number of ether oxygens (including phenoxy) is 3. The van der Waals surface area contributed by atoms with Gasteiger partial charge in [0, 0.05) is 31.6 Å². The predicted molar refractivity (Wildman–Crippen MR) is 123 cm³/mol. The van der Waals surface area contributed by atoms with Crippen molar-refractivity contribution in [3.8, 4) is 0 Å². The van der Waals surface area contributed by atoms with Crippen molar-refractivity contribution >= 4 is 29.5 Å². The van der Waals surface area contributed by atoms with Crippen LogP contribution in [0.2, 0.25) is 0 Å². The van der Waals surface area contributed by atoms with Gasteiger partial charge in [-0.3, -0.25) is 14.4 Å². The fourth-order valence-corrected chi connectivity index (χ4v) is 9.60. The molecule has 4 aliphatic rings. The van der Waals surface area contributed by atoms with Crippen LogP contribution in [0.25, 0.3) is 0 Å². The lowest BCUT2D eigenvalue weighted by molar-refractivity contribution is -0.229. The third-order valence-corrected chi connectivity index (χ3v) is 10.7. The molecule has 0 heterocycles. The van der Waals surface area contributed by atoms with Gasteiger partial charge in [0.05, 0.1) is 5.38 Å². The van der Waals surface area contributed by atoms with E-state index in [-0.39, 0.29) is 46.2 Å². The van der Waals surface area contributed by atoms with Gasteiger partial charge in [-0.1, -0.05) is 27.7 Å². The summed E-state index contributed by atoms with van der Waals surface area (Å²) in [4.78, 5) is 36.3. The quantitative estimate of drug-likeness (QED) is 0.318. The van der Waals surface area contributed by atoms with Crippen molar-refractivity contribution in [2.24, 2.45) is 33.5 Å². The molecule has 1 spiro atoms. The molecule has 33 heavy (non-hydrogen) atoms. The van der Waals surface area contributed by atoms with E-state index in [1.165, 1.54) is 20.8 Å². The molecular formula is C26H39ClO6. The third-order valence-electron chi connectivity index (χ3n) is 10.1. The van der Waals surface area contributed by atoms with Crippen LogP contribution in [-0.4, -0.2) is 41.6 Å². The highest BCUT2D eigenvalue weighted by Crippen LogP contribution is 2.75. The summed E-state index contributed by atoms with van der Waals surface area (Å²) >= 11 is 7.27. The first-order chi connectivity index (χ1) is 15.2. The largest absolute Gasteiger partial charge is 0.462 e. The summed E-state index contributed by atoms with van der Waals surface area (Å²) in [6.07, 6.45) is 3.93. The van der Waals surface area contributed by atoms with E-state index < -0.39 is 23.0 Å². The number of carbonyl (C=O) groups excluding carboxylic acids is 3. The maximum Gasteiger partial charge on any atom is 0.302 e. The van der Waals surface area contributed by atoms with Crippen molar-refractivity contribution in [1.29, 1.82) is 0 Å². The lowest BCUT2D eigenvalue weighted by Gasteiger charge is -2.66. The Bertz CT molecular complexity index is 856. The van der Waals surface area contributed by atoms with E-state index in [4.69, 9.17) is 25.8 Å². The normalized spacial score (nSPS) is 47.6. The lowest BCUT2D eigenvalue weighted by atomic mass is 9.39. The van der Waals surface area contributed by atoms with Gasteiger partial charge in [-0.2, -0.15) is 0 Å². The number of fused-ring (bicyclic) bond motifs is 3. The summed E-state index contributed by atoms with van der Waals surface area (Å²) in [5.41, 5.74) is -1.04. The van der Waals surface area contributed by atoms with Crippen LogP contribution in [0.3, 0.4) is 0 Å². The summed E-state index contributed by atoms with van der Waals surface area (Å²) in [6.45, 7) is 13.3. The van der Waals surface area contributed by atoms with E-state index in [9.17, 15) is 14.4 Å². The minimum absolute atomic E-state index is 0.0770. The Kier molecular flexibility index (Phi) is 5.91. The standard InChI is InChI=1S/C26H39ClO6/c1-14(28)31-19-9-10-23(4,5)17-8-11-26-13-24(6,22(21(26)27)33-16(3)30)20(32-15(2)29)12-18(26)25(17,19)7/h17-22H,8-13H2,1-7H3/t17?,18?,19-,20+,21+,22-,24+,25+,26-/m0/s1. The lowest BCUT2D eigenvalue weighted by Crippen LogP contribution is -2.64. The van der Waals surface area contributed by atoms with Crippen molar-refractivity contribution in [3.05, 3.63) is 0 Å². The summed E-state index contributed by atoms with van der Waals surface area (Å²) in [7, 11) is 0. The van der Waals surface area contributed by atoms with Crippen molar-refractivity contribution < 1.29 is 28.6 Å². The van der Waals surface area contributed by atoms with Crippen LogP contribution < -0.4 is 0 Å². The van der Waals surface area contributed by atoms with Crippen LogP contribution in [0, 0.1) is 33.5 Å². The first-order valence-electron chi connectivity index (χ1n) is 12.3. The second-order valence-electron chi connectivity index (χ2n) is 12.3. The Morgan fingerprint density at radius 1 is 0.788 bits per heavy atom. The average molecular weight is 483 g/mol. The summed E-state index contributed by atoms with van der Waals surface area (Å²) < 4.78 is 17.8. The van der Waals surface area contributed by atoms with E-state index in [1.54, 1.807) is 0 Å². The molecule has 4 aliphatic carbocycles. The molecule has 0 aromatic rings. The van der Waals surface area contributed by atoms with Crippen molar-refractivity contribution in [2.75, 3.05) is 0 Å². The van der Waals surface area contributed by atoms with Gasteiger partial charge >= 0.3 is 17.9 Å². The first-order valence-corrected chi connectivity index (χ1v) is 12.8. The monoisotopic (exact) mass is 482 g/mol. The molecule has 0 radical (unpaired) electrons. The summed E-state index contributed by atoms with van der Waals surface area (Å²) in [6, 6.07) is 0. The van der Waals surface area contributed by atoms with E-state index in [0.29, 0.717) is 12.3 Å². The van der Waals surface area contributed by atoms with Crippen LogP contribution in [0.4, 0.5) is 0 Å². The summed E-state index contributed by atoms with van der Waals surface area (Å²) in [5.74, 6) is -0.550. The molecule has 0 aromatic carbocycles. The third kappa shape index (κ3) is 3.52. The Labute approximate surface area is 202 Å². The second kappa shape index (κ2) is 7.86. The molecular weight excluding hydrogens is 444 g/mol. The van der Waals surface area contributed by atoms with Gasteiger partial charge in [0.2, 0.25) is 0 Å². The molecule has 0 aromatic heterocycles. The predicted octanol–water partition coefficient (Wildman–Crippen LogP) is 5.04. The molecule has 4 saturated carbocycles. The fourth-order valence-electron chi connectivity index (χ4n) is 8.93. The van der Waals surface area contributed by atoms with Crippen LogP contribution in [0.15, 0.2) is 0 Å². The van der Waals surface area contributed by atoms with Gasteiger partial charge < -0.3 is 14.2 Å². The average Bonchev–Trinajstić information content (AvgIpc) is 2.84. The van der Waals surface area contributed by atoms with E-state index in [0.717, 1.165) is 32.1 Å². The Morgan fingerprint density at radius 3 is 1.94 bits per heavy atom. The number of halogens is 1. The Balaban J connectivity index is 1.85. The van der Waals surface area contributed by atoms with Gasteiger partial charge in [-0.05, 0) is 61.2 Å². The molecule has 4 rings (SSSR count). The molecule has 2 bridgehead atoms. The van der Waals surface area contributed by atoms with Crippen LogP contribution >= 0.6 is 11.6 Å². The van der Waals surface area contributed by atoms with Gasteiger partial charge in [-0.25, -0.2) is 0 Å². The first kappa shape index (κ1) is 24.8. The molecule has 0 aliphatic heterocycles. The van der Waals surface area contributed by atoms with E-state index in [2.05, 4.69) is 27.7 Å². The molecule has 9 atom stereocenters. The van der Waals surface area contributed by atoms with Crippen LogP contribution in [0.1, 0.15) is 87.0 Å². The molecule has 0 saturated heterocycles. The number of rotatable bonds is 3. The minimum atomic E-state index is -0.551. The molecule has 7 heteroatoms. The Hall–Kier alpha value is -1.30. The topological polar surface area (TPSA) is 78.9 Å². The highest BCUT2D eigenvalue weighted by Gasteiger charge is 2.75. The minimum Gasteiger partial charge on any atom is -0.462 e. The van der Waals surface area contributed by atoms with Gasteiger partial charge in [0.1, 0.15) is 18.3 Å². The smallest absolute Gasteiger partial charge is 0.302 e. The Morgan fingerprint density at radius 2 is 1.36 bits per heavy atom. The van der Waals surface area contributed by atoms with Gasteiger partial charge in [0.15, 0.2) is 0 Å².